The van der Waals surface area contributed by atoms with E-state index in [1.165, 1.54) is 6.21 Å². The van der Waals surface area contributed by atoms with E-state index in [1.807, 2.05) is 18.2 Å². The Labute approximate surface area is 109 Å². The molecule has 0 unspecified atom stereocenters. The van der Waals surface area contributed by atoms with E-state index in [2.05, 4.69) is 48.5 Å². The van der Waals surface area contributed by atoms with E-state index in [1.54, 1.807) is 0 Å². The van der Waals surface area contributed by atoms with Crippen LogP contribution in [0.15, 0.2) is 27.8 Å². The Hall–Kier alpha value is -0.630. The fourth-order valence-corrected chi connectivity index (χ4v) is 2.29. The summed E-state index contributed by atoms with van der Waals surface area (Å²) in [5, 5.41) is 11.9. The number of benzene rings is 1. The van der Waals surface area contributed by atoms with Gasteiger partial charge in [-0.25, -0.2) is 4.79 Å². The van der Waals surface area contributed by atoms with Gasteiger partial charge in [-0.3, -0.25) is 0 Å². The van der Waals surface area contributed by atoms with Crippen LogP contribution >= 0.6 is 38.5 Å². The van der Waals surface area contributed by atoms with Gasteiger partial charge in [0.2, 0.25) is 6.61 Å². The average Bonchev–Trinajstić information content (AvgIpc) is 2.15. The van der Waals surface area contributed by atoms with Gasteiger partial charge in [-0.2, -0.15) is 0 Å². The third kappa shape index (κ3) is 4.17. The number of carbonyl (C=O) groups is 1. The zero-order valence-corrected chi connectivity index (χ0v) is 11.2. The second-order valence-electron chi connectivity index (χ2n) is 2.54. The third-order valence-electron chi connectivity index (χ3n) is 1.44. The molecule has 0 radical (unpaired) electrons. The van der Waals surface area contributed by atoms with Gasteiger partial charge in [0.15, 0.2) is 0 Å². The fraction of sp³-hybridized carbons (Fsp3) is 0.111. The number of oxime groups is 1. The fourth-order valence-electron chi connectivity index (χ4n) is 0.817. The van der Waals surface area contributed by atoms with E-state index < -0.39 is 12.6 Å². The van der Waals surface area contributed by atoms with Crippen molar-refractivity contribution >= 4 is 50.7 Å². The van der Waals surface area contributed by atoms with E-state index in [0.29, 0.717) is 0 Å². The first-order valence-corrected chi connectivity index (χ1v) is 5.79. The summed E-state index contributed by atoms with van der Waals surface area (Å²) in [5.74, 6) is -1.05. The highest BCUT2D eigenvalue weighted by atomic mass is 127. The molecule has 0 atom stereocenters. The minimum absolute atomic E-state index is 0.433. The molecule has 0 aliphatic carbocycles. The first kappa shape index (κ1) is 12.4. The SMILES string of the molecule is O=C(O)CON=Cc1c(Br)cccc1I. The molecule has 0 saturated heterocycles. The molecule has 0 bridgehead atoms. The number of hydrogen-bond donors (Lipinski definition) is 1. The highest BCUT2D eigenvalue weighted by Gasteiger charge is 2.01. The molecule has 1 aromatic carbocycles. The van der Waals surface area contributed by atoms with Gasteiger partial charge in [0.25, 0.3) is 0 Å². The summed E-state index contributed by atoms with van der Waals surface area (Å²) in [4.78, 5) is 14.7. The molecule has 0 fully saturated rings. The largest absolute Gasteiger partial charge is 0.479 e. The molecule has 0 aliphatic rings. The first-order chi connectivity index (χ1) is 7.11. The lowest BCUT2D eigenvalue weighted by molar-refractivity contribution is -0.142. The molecule has 0 amide bonds. The summed E-state index contributed by atoms with van der Waals surface area (Å²) in [6.45, 7) is -0.433. The van der Waals surface area contributed by atoms with Crippen molar-refractivity contribution in [2.24, 2.45) is 5.16 Å². The Kier molecular flexibility index (Phi) is 5.03. The van der Waals surface area contributed by atoms with Crippen LogP contribution in [0.1, 0.15) is 5.56 Å². The molecular weight excluding hydrogens is 377 g/mol. The number of rotatable bonds is 4. The Balaban J connectivity index is 2.67. The van der Waals surface area contributed by atoms with Crippen LogP contribution in [0.2, 0.25) is 0 Å². The molecule has 0 saturated carbocycles. The Bertz CT molecular complexity index is 375. The van der Waals surface area contributed by atoms with Crippen LogP contribution < -0.4 is 0 Å². The van der Waals surface area contributed by atoms with Crippen molar-refractivity contribution in [3.63, 3.8) is 0 Å². The van der Waals surface area contributed by atoms with Gasteiger partial charge in [0.05, 0.1) is 6.21 Å². The smallest absolute Gasteiger partial charge is 0.344 e. The molecular formula is C9H7BrINO3. The molecule has 1 N–H and O–H groups in total. The Morgan fingerprint density at radius 2 is 2.40 bits per heavy atom. The number of carboxylic acids is 1. The van der Waals surface area contributed by atoms with E-state index in [0.717, 1.165) is 13.6 Å². The molecule has 80 valence electrons. The predicted octanol–water partition coefficient (Wildman–Crippen LogP) is 2.49. The van der Waals surface area contributed by atoms with Gasteiger partial charge < -0.3 is 9.94 Å². The first-order valence-electron chi connectivity index (χ1n) is 3.92. The van der Waals surface area contributed by atoms with Crippen molar-refractivity contribution in [3.05, 3.63) is 31.8 Å². The normalized spacial score (nSPS) is 10.5. The van der Waals surface area contributed by atoms with Crippen LogP contribution in [0.4, 0.5) is 0 Å². The summed E-state index contributed by atoms with van der Waals surface area (Å²) in [7, 11) is 0. The second kappa shape index (κ2) is 6.06. The predicted molar refractivity (Wildman–Crippen MR) is 68.0 cm³/mol. The topological polar surface area (TPSA) is 58.9 Å². The number of halogens is 2. The molecule has 1 rings (SSSR count). The van der Waals surface area contributed by atoms with Crippen LogP contribution in [0.3, 0.4) is 0 Å². The zero-order valence-electron chi connectivity index (χ0n) is 7.48. The van der Waals surface area contributed by atoms with Crippen molar-refractivity contribution in [2.75, 3.05) is 6.61 Å². The average molecular weight is 384 g/mol. The monoisotopic (exact) mass is 383 g/mol. The number of hydrogen-bond acceptors (Lipinski definition) is 3. The van der Waals surface area contributed by atoms with E-state index >= 15 is 0 Å². The minimum atomic E-state index is -1.05. The van der Waals surface area contributed by atoms with Gasteiger partial charge in [-0.1, -0.05) is 27.2 Å². The molecule has 1 aromatic rings. The van der Waals surface area contributed by atoms with Crippen LogP contribution in [-0.2, 0) is 9.63 Å². The lowest BCUT2D eigenvalue weighted by Gasteiger charge is -2.00. The van der Waals surface area contributed by atoms with Crippen molar-refractivity contribution in [2.45, 2.75) is 0 Å². The Morgan fingerprint density at radius 1 is 1.67 bits per heavy atom. The summed E-state index contributed by atoms with van der Waals surface area (Å²) >= 11 is 5.52. The third-order valence-corrected chi connectivity index (χ3v) is 3.08. The molecule has 15 heavy (non-hydrogen) atoms. The van der Waals surface area contributed by atoms with Crippen LogP contribution in [-0.4, -0.2) is 23.9 Å². The lowest BCUT2D eigenvalue weighted by atomic mass is 10.2. The quantitative estimate of drug-likeness (QED) is 0.493. The number of carboxylic acid groups (broad SMARTS) is 1. The maximum atomic E-state index is 10.1. The van der Waals surface area contributed by atoms with E-state index in [-0.39, 0.29) is 0 Å². The van der Waals surface area contributed by atoms with Crippen molar-refractivity contribution in [3.8, 4) is 0 Å². The van der Waals surface area contributed by atoms with Gasteiger partial charge >= 0.3 is 5.97 Å². The van der Waals surface area contributed by atoms with E-state index in [9.17, 15) is 4.79 Å². The van der Waals surface area contributed by atoms with Crippen molar-refractivity contribution in [1.29, 1.82) is 0 Å². The van der Waals surface area contributed by atoms with Crippen LogP contribution in [0, 0.1) is 3.57 Å². The van der Waals surface area contributed by atoms with Gasteiger partial charge in [0.1, 0.15) is 0 Å². The van der Waals surface area contributed by atoms with Crippen LogP contribution in [0.25, 0.3) is 0 Å². The molecule has 6 heteroatoms. The second-order valence-corrected chi connectivity index (χ2v) is 4.55. The van der Waals surface area contributed by atoms with Gasteiger partial charge in [-0.05, 0) is 34.7 Å². The molecule has 0 heterocycles. The summed E-state index contributed by atoms with van der Waals surface area (Å²) in [6.07, 6.45) is 1.48. The van der Waals surface area contributed by atoms with Crippen molar-refractivity contribution < 1.29 is 14.7 Å². The van der Waals surface area contributed by atoms with Gasteiger partial charge in [-0.15, -0.1) is 0 Å². The molecule has 0 aromatic heterocycles. The molecule has 4 nitrogen and oxygen atoms in total. The van der Waals surface area contributed by atoms with E-state index in [4.69, 9.17) is 5.11 Å². The van der Waals surface area contributed by atoms with Crippen molar-refractivity contribution in [1.82, 2.24) is 0 Å². The maximum absolute atomic E-state index is 10.1. The maximum Gasteiger partial charge on any atom is 0.344 e. The minimum Gasteiger partial charge on any atom is -0.479 e. The standard InChI is InChI=1S/C9H7BrINO3/c10-7-2-1-3-8(11)6(7)4-12-15-5-9(13)14/h1-4H,5H2,(H,13,14). The number of nitrogens with zero attached hydrogens (tertiary/aromatic N) is 1. The summed E-state index contributed by atoms with van der Waals surface area (Å²) in [6, 6.07) is 5.70. The highest BCUT2D eigenvalue weighted by molar-refractivity contribution is 14.1. The molecule has 0 spiro atoms. The summed E-state index contributed by atoms with van der Waals surface area (Å²) < 4.78 is 1.89. The number of aliphatic carboxylic acids is 1. The zero-order chi connectivity index (χ0) is 11.3. The highest BCUT2D eigenvalue weighted by Crippen LogP contribution is 2.20. The van der Waals surface area contributed by atoms with Crippen LogP contribution in [0.5, 0.6) is 0 Å². The van der Waals surface area contributed by atoms with Gasteiger partial charge in [0, 0.05) is 13.6 Å². The lowest BCUT2D eigenvalue weighted by Crippen LogP contribution is -2.03. The Morgan fingerprint density at radius 3 is 3.00 bits per heavy atom. The summed E-state index contributed by atoms with van der Waals surface area (Å²) in [5.41, 5.74) is 0.864. The molecule has 0 aliphatic heterocycles.